The van der Waals surface area contributed by atoms with E-state index in [-0.39, 0.29) is 24.5 Å². The first kappa shape index (κ1) is 19.2. The Morgan fingerprint density at radius 2 is 2.08 bits per heavy atom. The minimum atomic E-state index is -1.14. The highest BCUT2D eigenvalue weighted by molar-refractivity contribution is 5.97. The van der Waals surface area contributed by atoms with Gasteiger partial charge in [0, 0.05) is 12.6 Å². The Balaban J connectivity index is 1.87. The van der Waals surface area contributed by atoms with Gasteiger partial charge in [-0.15, -0.1) is 0 Å². The van der Waals surface area contributed by atoms with Gasteiger partial charge in [0.25, 0.3) is 0 Å². The number of hydrogen-bond donors (Lipinski definition) is 3. The summed E-state index contributed by atoms with van der Waals surface area (Å²) >= 11 is 0. The molecule has 2 aliphatic heterocycles. The molecule has 0 aliphatic carbocycles. The average molecular weight is 355 g/mol. The zero-order valence-corrected chi connectivity index (χ0v) is 14.5. The number of carbonyl (C=O) groups is 4. The van der Waals surface area contributed by atoms with Crippen molar-refractivity contribution in [1.82, 2.24) is 15.5 Å². The van der Waals surface area contributed by atoms with E-state index in [2.05, 4.69) is 10.6 Å². The first-order valence-corrected chi connectivity index (χ1v) is 8.47. The Labute approximate surface area is 146 Å². The van der Waals surface area contributed by atoms with Gasteiger partial charge in [-0.25, -0.2) is 4.79 Å². The molecule has 3 atom stereocenters. The van der Waals surface area contributed by atoms with Gasteiger partial charge in [0.1, 0.15) is 25.3 Å². The lowest BCUT2D eigenvalue weighted by molar-refractivity contribution is -0.152. The van der Waals surface area contributed by atoms with Gasteiger partial charge in [-0.2, -0.15) is 0 Å². The Morgan fingerprint density at radius 3 is 2.72 bits per heavy atom. The Morgan fingerprint density at radius 1 is 1.36 bits per heavy atom. The molecule has 0 aromatic carbocycles. The van der Waals surface area contributed by atoms with Crippen LogP contribution in [0.25, 0.3) is 0 Å². The smallest absolute Gasteiger partial charge is 0.329 e. The Hall–Kier alpha value is -2.16. The molecule has 9 heteroatoms. The van der Waals surface area contributed by atoms with Crippen LogP contribution < -0.4 is 10.6 Å². The summed E-state index contributed by atoms with van der Waals surface area (Å²) < 4.78 is 4.74. The Bertz CT molecular complexity index is 550. The summed E-state index contributed by atoms with van der Waals surface area (Å²) in [5.74, 6) is -1.53. The number of piperazine rings is 1. The third-order valence-electron chi connectivity index (χ3n) is 4.33. The van der Waals surface area contributed by atoms with Gasteiger partial charge >= 0.3 is 5.97 Å². The van der Waals surface area contributed by atoms with Crippen molar-refractivity contribution in [2.75, 3.05) is 19.8 Å². The lowest BCUT2D eigenvalue weighted by Gasteiger charge is -2.44. The largest absolute Gasteiger partial charge is 0.480 e. The monoisotopic (exact) mass is 355 g/mol. The van der Waals surface area contributed by atoms with E-state index in [1.165, 1.54) is 0 Å². The van der Waals surface area contributed by atoms with Crippen LogP contribution in [0, 0.1) is 5.92 Å². The molecule has 2 heterocycles. The summed E-state index contributed by atoms with van der Waals surface area (Å²) in [6.07, 6.45) is 1.50. The minimum absolute atomic E-state index is 0.0622. The third-order valence-corrected chi connectivity index (χ3v) is 4.33. The quantitative estimate of drug-likeness (QED) is 0.544. The number of amides is 3. The van der Waals surface area contributed by atoms with Gasteiger partial charge in [-0.05, 0) is 25.2 Å². The van der Waals surface area contributed by atoms with Crippen LogP contribution in [0.5, 0.6) is 0 Å². The van der Waals surface area contributed by atoms with E-state index < -0.39 is 30.6 Å². The summed E-state index contributed by atoms with van der Waals surface area (Å²) in [5.41, 5.74) is 0. The van der Waals surface area contributed by atoms with Crippen LogP contribution in [0.15, 0.2) is 0 Å². The van der Waals surface area contributed by atoms with Crippen molar-refractivity contribution < 1.29 is 29.0 Å². The van der Waals surface area contributed by atoms with Gasteiger partial charge in [0.05, 0.1) is 0 Å². The number of ether oxygens (including phenoxy) is 1. The molecule has 0 spiro atoms. The summed E-state index contributed by atoms with van der Waals surface area (Å²) in [7, 11) is 0. The van der Waals surface area contributed by atoms with E-state index in [9.17, 15) is 19.2 Å². The molecule has 0 radical (unpaired) electrons. The average Bonchev–Trinajstić information content (AvgIpc) is 2.51. The second-order valence-corrected chi connectivity index (χ2v) is 6.91. The lowest BCUT2D eigenvalue weighted by Crippen LogP contribution is -2.67. The van der Waals surface area contributed by atoms with Crippen molar-refractivity contribution in [3.63, 3.8) is 0 Å². The van der Waals surface area contributed by atoms with Gasteiger partial charge in [-0.3, -0.25) is 14.4 Å². The van der Waals surface area contributed by atoms with Crippen LogP contribution in [-0.4, -0.2) is 71.6 Å². The molecule has 2 saturated heterocycles. The van der Waals surface area contributed by atoms with Crippen LogP contribution in [0.4, 0.5) is 0 Å². The SMILES string of the molecule is CC(C)CC1NC(=O)C2CC(NC(=O)COCC(=O)O)CCN2C1=O. The number of carbonyl (C=O) groups excluding carboxylic acids is 3. The van der Waals surface area contributed by atoms with E-state index in [1.54, 1.807) is 4.90 Å². The van der Waals surface area contributed by atoms with E-state index in [0.29, 0.717) is 31.7 Å². The maximum atomic E-state index is 12.5. The van der Waals surface area contributed by atoms with E-state index in [4.69, 9.17) is 9.84 Å². The number of piperidine rings is 1. The molecule has 0 saturated carbocycles. The number of rotatable bonds is 7. The maximum absolute atomic E-state index is 12.5. The molecular weight excluding hydrogens is 330 g/mol. The summed E-state index contributed by atoms with van der Waals surface area (Å²) in [6, 6.07) is -1.29. The van der Waals surface area contributed by atoms with Crippen molar-refractivity contribution in [2.24, 2.45) is 5.92 Å². The van der Waals surface area contributed by atoms with Gasteiger partial charge < -0.3 is 25.4 Å². The molecule has 3 amide bonds. The fourth-order valence-electron chi connectivity index (χ4n) is 3.27. The first-order chi connectivity index (χ1) is 11.8. The fourth-order valence-corrected chi connectivity index (χ4v) is 3.27. The standard InChI is InChI=1S/C16H25N3O6/c1-9(2)5-11-16(24)19-4-3-10(6-12(19)15(23)18-11)17-13(20)7-25-8-14(21)22/h9-12H,3-8H2,1-2H3,(H,17,20)(H,18,23)(H,21,22). The van der Waals surface area contributed by atoms with E-state index >= 15 is 0 Å². The number of nitrogens with one attached hydrogen (secondary N) is 2. The van der Waals surface area contributed by atoms with Crippen LogP contribution in [0.1, 0.15) is 33.1 Å². The number of hydrogen-bond acceptors (Lipinski definition) is 5. The zero-order chi connectivity index (χ0) is 18.6. The van der Waals surface area contributed by atoms with Crippen LogP contribution in [0.3, 0.4) is 0 Å². The lowest BCUT2D eigenvalue weighted by atomic mass is 9.91. The molecule has 25 heavy (non-hydrogen) atoms. The highest BCUT2D eigenvalue weighted by atomic mass is 16.5. The number of aliphatic carboxylic acids is 1. The molecule has 140 valence electrons. The highest BCUT2D eigenvalue weighted by Crippen LogP contribution is 2.24. The van der Waals surface area contributed by atoms with Crippen LogP contribution in [0.2, 0.25) is 0 Å². The van der Waals surface area contributed by atoms with Crippen molar-refractivity contribution >= 4 is 23.7 Å². The molecule has 0 aromatic rings. The molecule has 0 aromatic heterocycles. The van der Waals surface area contributed by atoms with E-state index in [1.807, 2.05) is 13.8 Å². The normalized spacial score (nSPS) is 26.2. The maximum Gasteiger partial charge on any atom is 0.329 e. The minimum Gasteiger partial charge on any atom is -0.480 e. The molecule has 2 fully saturated rings. The molecule has 3 unspecified atom stereocenters. The van der Waals surface area contributed by atoms with Crippen molar-refractivity contribution in [3.8, 4) is 0 Å². The first-order valence-electron chi connectivity index (χ1n) is 8.47. The topological polar surface area (TPSA) is 125 Å². The van der Waals surface area contributed by atoms with Crippen molar-refractivity contribution in [2.45, 2.75) is 51.2 Å². The summed E-state index contributed by atoms with van der Waals surface area (Å²) in [6.45, 7) is 3.52. The second kappa shape index (κ2) is 8.28. The third kappa shape index (κ3) is 5.15. The zero-order valence-electron chi connectivity index (χ0n) is 14.5. The van der Waals surface area contributed by atoms with Crippen molar-refractivity contribution in [1.29, 1.82) is 0 Å². The van der Waals surface area contributed by atoms with Gasteiger partial charge in [-0.1, -0.05) is 13.8 Å². The predicted octanol–water partition coefficient (Wildman–Crippen LogP) is -0.892. The molecule has 3 N–H and O–H groups in total. The Kier molecular flexibility index (Phi) is 6.35. The van der Waals surface area contributed by atoms with Crippen LogP contribution >= 0.6 is 0 Å². The number of carboxylic acid groups (broad SMARTS) is 1. The molecule has 2 rings (SSSR count). The number of carboxylic acids is 1. The summed E-state index contributed by atoms with van der Waals surface area (Å²) in [4.78, 5) is 48.6. The highest BCUT2D eigenvalue weighted by Gasteiger charge is 2.43. The summed E-state index contributed by atoms with van der Waals surface area (Å²) in [5, 5.41) is 14.0. The molecular formula is C16H25N3O6. The van der Waals surface area contributed by atoms with E-state index in [0.717, 1.165) is 0 Å². The van der Waals surface area contributed by atoms with Crippen molar-refractivity contribution in [3.05, 3.63) is 0 Å². The molecule has 9 nitrogen and oxygen atoms in total. The fraction of sp³-hybridized carbons (Fsp3) is 0.750. The van der Waals surface area contributed by atoms with Crippen LogP contribution in [-0.2, 0) is 23.9 Å². The molecule has 0 bridgehead atoms. The number of fused-ring (bicyclic) bond motifs is 1. The van der Waals surface area contributed by atoms with Gasteiger partial charge in [0.15, 0.2) is 0 Å². The predicted molar refractivity (Wildman–Crippen MR) is 86.5 cm³/mol. The second-order valence-electron chi connectivity index (χ2n) is 6.91. The number of nitrogens with zero attached hydrogens (tertiary/aromatic N) is 1. The van der Waals surface area contributed by atoms with Gasteiger partial charge in [0.2, 0.25) is 17.7 Å². The molecule has 2 aliphatic rings.